The molecule has 1 atom stereocenters. The quantitative estimate of drug-likeness (QED) is 0.480. The summed E-state index contributed by atoms with van der Waals surface area (Å²) in [7, 11) is 0. The zero-order chi connectivity index (χ0) is 22.8. The van der Waals surface area contributed by atoms with Crippen molar-refractivity contribution in [3.63, 3.8) is 0 Å². The Balaban J connectivity index is 1.27. The number of aromatic nitrogens is 6. The van der Waals surface area contributed by atoms with Gasteiger partial charge in [0.25, 0.3) is 5.92 Å². The predicted octanol–water partition coefficient (Wildman–Crippen LogP) is 1.93. The van der Waals surface area contributed by atoms with E-state index in [1.807, 2.05) is 30.0 Å². The molecule has 0 saturated carbocycles. The van der Waals surface area contributed by atoms with Gasteiger partial charge in [0.1, 0.15) is 5.52 Å². The van der Waals surface area contributed by atoms with Crippen LogP contribution < -0.4 is 11.1 Å². The Hall–Kier alpha value is -3.38. The van der Waals surface area contributed by atoms with Crippen LogP contribution in [0.3, 0.4) is 0 Å². The van der Waals surface area contributed by atoms with Crippen molar-refractivity contribution in [2.45, 2.75) is 30.8 Å². The van der Waals surface area contributed by atoms with Crippen molar-refractivity contribution in [1.29, 1.82) is 0 Å². The van der Waals surface area contributed by atoms with Gasteiger partial charge in [-0.3, -0.25) is 4.90 Å². The number of nitrogens with two attached hydrogens (primary N) is 1. The summed E-state index contributed by atoms with van der Waals surface area (Å²) in [5.41, 5.74) is 8.63. The molecule has 172 valence electrons. The molecule has 6 heterocycles. The number of piperidine rings is 1. The largest absolute Gasteiger partial charge is 0.382 e. The number of alkyl halides is 2. The molecule has 4 aromatic rings. The Morgan fingerprint density at radius 1 is 1.15 bits per heavy atom. The molecular weight excluding hydrogens is 432 g/mol. The molecule has 0 aromatic carbocycles. The van der Waals surface area contributed by atoms with Gasteiger partial charge in [-0.1, -0.05) is 0 Å². The molecule has 2 aliphatic heterocycles. The fraction of sp³-hybridized carbons (Fsp3) is 0.429. The summed E-state index contributed by atoms with van der Waals surface area (Å²) >= 11 is 0. The number of anilines is 2. The molecule has 0 aliphatic carbocycles. The number of nitrogens with one attached hydrogen (secondary N) is 1. The van der Waals surface area contributed by atoms with Crippen LogP contribution in [0.2, 0.25) is 0 Å². The van der Waals surface area contributed by atoms with Gasteiger partial charge in [0.15, 0.2) is 11.5 Å². The van der Waals surface area contributed by atoms with Gasteiger partial charge < -0.3 is 15.8 Å². The molecule has 0 spiro atoms. The van der Waals surface area contributed by atoms with Crippen LogP contribution in [0.25, 0.3) is 22.4 Å². The number of fused-ring (bicyclic) bond motifs is 2. The second kappa shape index (κ2) is 7.06. The summed E-state index contributed by atoms with van der Waals surface area (Å²) in [6.07, 6.45) is 5.39. The monoisotopic (exact) mass is 455 g/mol. The van der Waals surface area contributed by atoms with E-state index in [4.69, 9.17) is 10.5 Å². The highest BCUT2D eigenvalue weighted by atomic mass is 19.3. The third-order valence-electron chi connectivity index (χ3n) is 6.56. The van der Waals surface area contributed by atoms with Gasteiger partial charge in [-0.15, -0.1) is 5.10 Å². The van der Waals surface area contributed by atoms with E-state index in [9.17, 15) is 8.78 Å². The Kier molecular flexibility index (Phi) is 4.33. The Labute approximate surface area is 187 Å². The highest BCUT2D eigenvalue weighted by molar-refractivity contribution is 5.86. The van der Waals surface area contributed by atoms with Gasteiger partial charge in [0.2, 0.25) is 5.95 Å². The van der Waals surface area contributed by atoms with Crippen LogP contribution in [0.15, 0.2) is 36.8 Å². The van der Waals surface area contributed by atoms with E-state index in [2.05, 4.69) is 25.5 Å². The lowest BCUT2D eigenvalue weighted by Gasteiger charge is -2.51. The molecule has 0 unspecified atom stereocenters. The first kappa shape index (κ1) is 20.2. The second-order valence-corrected chi connectivity index (χ2v) is 8.95. The van der Waals surface area contributed by atoms with Crippen LogP contribution in [-0.4, -0.2) is 77.9 Å². The molecule has 10 nitrogen and oxygen atoms in total. The summed E-state index contributed by atoms with van der Waals surface area (Å²) in [4.78, 5) is 10.3. The highest BCUT2D eigenvalue weighted by Crippen LogP contribution is 2.36. The molecule has 6 rings (SSSR count). The van der Waals surface area contributed by atoms with E-state index >= 15 is 0 Å². The van der Waals surface area contributed by atoms with Crippen molar-refractivity contribution in [3.05, 3.63) is 36.8 Å². The lowest BCUT2D eigenvalue weighted by molar-refractivity contribution is -0.174. The maximum atomic E-state index is 15.0. The standard InChI is InChI=1S/C21H23F2N9O/c1-20(11-33-12-20)30-7-5-15(21(22,23)10-30)26-19-27-18(24)17-13(4-8-32(17)29-19)14-2-3-16-25-6-9-31(16)28-14/h2-4,6,8-9,15H,5,7,10-12H2,1H3,(H3,24,26,27,29)/t15-/m1/s1. The van der Waals surface area contributed by atoms with Crippen LogP contribution in [0.5, 0.6) is 0 Å². The third kappa shape index (κ3) is 3.28. The molecule has 0 bridgehead atoms. The number of nitrogens with zero attached hydrogens (tertiary/aromatic N) is 7. The van der Waals surface area contributed by atoms with Crippen molar-refractivity contribution in [3.8, 4) is 11.3 Å². The lowest BCUT2D eigenvalue weighted by Crippen LogP contribution is -2.67. The normalized spacial score (nSPS) is 22.5. The van der Waals surface area contributed by atoms with Crippen LogP contribution in [0, 0.1) is 0 Å². The zero-order valence-electron chi connectivity index (χ0n) is 17.9. The van der Waals surface area contributed by atoms with Crippen molar-refractivity contribution in [2.75, 3.05) is 37.4 Å². The Bertz CT molecular complexity index is 1350. The van der Waals surface area contributed by atoms with Crippen LogP contribution in [-0.2, 0) is 4.74 Å². The van der Waals surface area contributed by atoms with Crippen LogP contribution in [0.1, 0.15) is 13.3 Å². The minimum atomic E-state index is -2.95. The molecule has 2 aliphatic rings. The summed E-state index contributed by atoms with van der Waals surface area (Å²) in [5, 5.41) is 11.8. The topological polar surface area (TPSA) is 111 Å². The number of likely N-dealkylation sites (tertiary alicyclic amines) is 1. The van der Waals surface area contributed by atoms with Crippen molar-refractivity contribution >= 4 is 22.9 Å². The van der Waals surface area contributed by atoms with E-state index in [1.165, 1.54) is 0 Å². The van der Waals surface area contributed by atoms with E-state index in [1.54, 1.807) is 27.6 Å². The number of imidazole rings is 1. The minimum Gasteiger partial charge on any atom is -0.382 e. The summed E-state index contributed by atoms with van der Waals surface area (Å²) in [6.45, 7) is 3.13. The number of ether oxygens (including phenoxy) is 1. The van der Waals surface area contributed by atoms with E-state index < -0.39 is 12.0 Å². The second-order valence-electron chi connectivity index (χ2n) is 8.95. The van der Waals surface area contributed by atoms with Crippen molar-refractivity contribution < 1.29 is 13.5 Å². The average molecular weight is 455 g/mol. The van der Waals surface area contributed by atoms with E-state index in [0.29, 0.717) is 31.0 Å². The fourth-order valence-corrected chi connectivity index (χ4v) is 4.59. The number of rotatable bonds is 4. The minimum absolute atomic E-state index is 0.0662. The van der Waals surface area contributed by atoms with Gasteiger partial charge in [0, 0.05) is 30.7 Å². The Morgan fingerprint density at radius 3 is 2.76 bits per heavy atom. The number of hydrogen-bond acceptors (Lipinski definition) is 8. The number of halogens is 2. The molecule has 2 saturated heterocycles. The smallest absolute Gasteiger partial charge is 0.280 e. The predicted molar refractivity (Wildman–Crippen MR) is 117 cm³/mol. The lowest BCUT2D eigenvalue weighted by atomic mass is 9.91. The molecule has 33 heavy (non-hydrogen) atoms. The molecule has 4 aromatic heterocycles. The molecule has 12 heteroatoms. The average Bonchev–Trinajstić information content (AvgIpc) is 3.39. The van der Waals surface area contributed by atoms with Gasteiger partial charge in [-0.25, -0.2) is 22.8 Å². The SMILES string of the molecule is CC1(N2CC[C@@H](Nc3nc(N)c4c(-c5ccc6nccn6n5)ccn4n3)C(F)(F)C2)COC1. The maximum Gasteiger partial charge on any atom is 0.280 e. The van der Waals surface area contributed by atoms with E-state index in [0.717, 1.165) is 11.2 Å². The summed E-state index contributed by atoms with van der Waals surface area (Å²) in [5.74, 6) is -2.70. The highest BCUT2D eigenvalue weighted by Gasteiger charge is 2.51. The van der Waals surface area contributed by atoms with Gasteiger partial charge >= 0.3 is 0 Å². The van der Waals surface area contributed by atoms with Crippen molar-refractivity contribution in [2.24, 2.45) is 0 Å². The van der Waals surface area contributed by atoms with Crippen molar-refractivity contribution in [1.82, 2.24) is 34.1 Å². The first-order chi connectivity index (χ1) is 15.8. The first-order valence-corrected chi connectivity index (χ1v) is 10.8. The maximum absolute atomic E-state index is 15.0. The molecular formula is C21H23F2N9O. The first-order valence-electron chi connectivity index (χ1n) is 10.8. The van der Waals surface area contributed by atoms with Crippen LogP contribution >= 0.6 is 0 Å². The van der Waals surface area contributed by atoms with Crippen LogP contribution in [0.4, 0.5) is 20.5 Å². The third-order valence-corrected chi connectivity index (χ3v) is 6.56. The molecule has 0 amide bonds. The summed E-state index contributed by atoms with van der Waals surface area (Å²) in [6, 6.07) is 4.42. The molecule has 2 fully saturated rings. The molecule has 0 radical (unpaired) electrons. The van der Waals surface area contributed by atoms with Gasteiger partial charge in [-0.2, -0.15) is 10.1 Å². The zero-order valence-corrected chi connectivity index (χ0v) is 17.9. The number of nitrogen functional groups attached to an aromatic ring is 1. The molecule has 3 N–H and O–H groups in total. The van der Waals surface area contributed by atoms with Gasteiger partial charge in [-0.05, 0) is 31.5 Å². The van der Waals surface area contributed by atoms with E-state index in [-0.39, 0.29) is 30.3 Å². The number of hydrogen-bond donors (Lipinski definition) is 2. The Morgan fingerprint density at radius 2 is 2.00 bits per heavy atom. The fourth-order valence-electron chi connectivity index (χ4n) is 4.59. The summed E-state index contributed by atoms with van der Waals surface area (Å²) < 4.78 is 38.4. The van der Waals surface area contributed by atoms with Gasteiger partial charge in [0.05, 0.1) is 37.0 Å².